The Balaban J connectivity index is 1.50. The van der Waals surface area contributed by atoms with E-state index < -0.39 is 30.0 Å². The molecule has 3 N–H and O–H groups in total. The average Bonchev–Trinajstić information content (AvgIpc) is 3.45. The zero-order valence-electron chi connectivity index (χ0n) is 18.8. The molecule has 35 heavy (non-hydrogen) atoms. The Morgan fingerprint density at radius 2 is 1.57 bits per heavy atom. The summed E-state index contributed by atoms with van der Waals surface area (Å²) >= 11 is 0. The van der Waals surface area contributed by atoms with Gasteiger partial charge >= 0.3 is 6.18 Å². The molecule has 182 valence electrons. The van der Waals surface area contributed by atoms with E-state index in [1.54, 1.807) is 42.6 Å². The third kappa shape index (κ3) is 5.59. The standard InChI is InChI=1S/C25H23F4N5O/c1-15-13-31-32-20(15)10-16-6-8-17(9-7-16)11-21-22(25(27,28)29)23(34-33-21)24(35)30-14-19-5-3-2-4-18(19)12-26/h2-9,13H,10-12,14H2,1H3,(H,30,35)(H,31,32)(H,33,34). The number of halogens is 4. The highest BCUT2D eigenvalue weighted by Crippen LogP contribution is 2.34. The molecule has 0 saturated carbocycles. The zero-order chi connectivity index (χ0) is 25.0. The second kappa shape index (κ2) is 10.1. The monoisotopic (exact) mass is 485 g/mol. The van der Waals surface area contributed by atoms with E-state index in [1.807, 2.05) is 19.1 Å². The van der Waals surface area contributed by atoms with E-state index in [9.17, 15) is 22.4 Å². The number of aromatic nitrogens is 4. The number of alkyl halides is 4. The van der Waals surface area contributed by atoms with E-state index >= 15 is 0 Å². The molecule has 1 amide bonds. The fourth-order valence-electron chi connectivity index (χ4n) is 3.83. The highest BCUT2D eigenvalue weighted by Gasteiger charge is 2.40. The van der Waals surface area contributed by atoms with Gasteiger partial charge in [0, 0.05) is 25.1 Å². The van der Waals surface area contributed by atoms with Crippen molar-refractivity contribution in [3.8, 4) is 0 Å². The number of rotatable bonds is 8. The number of benzene rings is 2. The van der Waals surface area contributed by atoms with Gasteiger partial charge in [0.15, 0.2) is 5.69 Å². The number of nitrogens with one attached hydrogen (secondary N) is 3. The topological polar surface area (TPSA) is 86.5 Å². The van der Waals surface area contributed by atoms with Crippen molar-refractivity contribution in [1.82, 2.24) is 25.7 Å². The van der Waals surface area contributed by atoms with Crippen LogP contribution in [0.4, 0.5) is 17.6 Å². The summed E-state index contributed by atoms with van der Waals surface area (Å²) in [4.78, 5) is 12.6. The van der Waals surface area contributed by atoms with Crippen LogP contribution in [-0.2, 0) is 32.2 Å². The maximum absolute atomic E-state index is 13.9. The predicted molar refractivity (Wildman–Crippen MR) is 121 cm³/mol. The van der Waals surface area contributed by atoms with Gasteiger partial charge in [-0.3, -0.25) is 15.0 Å². The van der Waals surface area contributed by atoms with Crippen LogP contribution in [0.2, 0.25) is 0 Å². The van der Waals surface area contributed by atoms with Crippen LogP contribution in [0.15, 0.2) is 54.7 Å². The smallest absolute Gasteiger partial charge is 0.347 e. The fourth-order valence-corrected chi connectivity index (χ4v) is 3.83. The summed E-state index contributed by atoms with van der Waals surface area (Å²) < 4.78 is 54.8. The van der Waals surface area contributed by atoms with Gasteiger partial charge in [0.25, 0.3) is 5.91 Å². The summed E-state index contributed by atoms with van der Waals surface area (Å²) in [6.07, 6.45) is -2.51. The lowest BCUT2D eigenvalue weighted by molar-refractivity contribution is -0.138. The van der Waals surface area contributed by atoms with Crippen molar-refractivity contribution < 1.29 is 22.4 Å². The molecular formula is C25H23F4N5O. The lowest BCUT2D eigenvalue weighted by atomic mass is 10.0. The van der Waals surface area contributed by atoms with Crippen LogP contribution >= 0.6 is 0 Å². The van der Waals surface area contributed by atoms with Crippen molar-refractivity contribution >= 4 is 5.91 Å². The van der Waals surface area contributed by atoms with E-state index in [1.165, 1.54) is 0 Å². The van der Waals surface area contributed by atoms with Crippen molar-refractivity contribution in [3.05, 3.63) is 105 Å². The number of hydrogen-bond acceptors (Lipinski definition) is 3. The maximum Gasteiger partial charge on any atom is 0.420 e. The van der Waals surface area contributed by atoms with Gasteiger partial charge in [-0.05, 0) is 34.7 Å². The van der Waals surface area contributed by atoms with Crippen LogP contribution in [0.25, 0.3) is 0 Å². The summed E-state index contributed by atoms with van der Waals surface area (Å²) in [5, 5.41) is 15.4. The summed E-state index contributed by atoms with van der Waals surface area (Å²) in [5.74, 6) is -0.987. The molecule has 0 saturated heterocycles. The molecule has 0 radical (unpaired) electrons. The van der Waals surface area contributed by atoms with Gasteiger partial charge in [-0.2, -0.15) is 23.4 Å². The molecule has 10 heteroatoms. The van der Waals surface area contributed by atoms with E-state index in [0.29, 0.717) is 23.1 Å². The van der Waals surface area contributed by atoms with Crippen molar-refractivity contribution in [2.45, 2.75) is 39.2 Å². The Morgan fingerprint density at radius 1 is 0.943 bits per heavy atom. The largest absolute Gasteiger partial charge is 0.420 e. The van der Waals surface area contributed by atoms with Crippen molar-refractivity contribution in [2.75, 3.05) is 0 Å². The molecule has 4 rings (SSSR count). The minimum Gasteiger partial charge on any atom is -0.347 e. The molecule has 2 aromatic carbocycles. The number of aryl methyl sites for hydroxylation is 1. The summed E-state index contributed by atoms with van der Waals surface area (Å²) in [7, 11) is 0. The number of amides is 1. The van der Waals surface area contributed by atoms with E-state index in [2.05, 4.69) is 25.7 Å². The third-order valence-corrected chi connectivity index (χ3v) is 5.76. The van der Waals surface area contributed by atoms with Crippen LogP contribution in [0.3, 0.4) is 0 Å². The molecular weight excluding hydrogens is 462 g/mol. The van der Waals surface area contributed by atoms with Crippen molar-refractivity contribution in [1.29, 1.82) is 0 Å². The molecule has 0 fully saturated rings. The fraction of sp³-hybridized carbons (Fsp3) is 0.240. The Bertz CT molecular complexity index is 1310. The summed E-state index contributed by atoms with van der Waals surface area (Å²) in [6, 6.07) is 13.6. The lowest BCUT2D eigenvalue weighted by Gasteiger charge is -2.11. The molecule has 0 aliphatic rings. The molecule has 0 bridgehead atoms. The van der Waals surface area contributed by atoms with Gasteiger partial charge in [-0.25, -0.2) is 4.39 Å². The molecule has 6 nitrogen and oxygen atoms in total. The highest BCUT2D eigenvalue weighted by atomic mass is 19.4. The quantitative estimate of drug-likeness (QED) is 0.306. The Hall–Kier alpha value is -3.95. The summed E-state index contributed by atoms with van der Waals surface area (Å²) in [5.41, 5.74) is 2.40. The number of carbonyl (C=O) groups is 1. The van der Waals surface area contributed by atoms with Gasteiger partial charge in [0.1, 0.15) is 12.2 Å². The molecule has 0 aliphatic carbocycles. The van der Waals surface area contributed by atoms with E-state index in [-0.39, 0.29) is 18.7 Å². The first-order chi connectivity index (χ1) is 16.8. The van der Waals surface area contributed by atoms with Gasteiger partial charge in [-0.1, -0.05) is 48.5 Å². The average molecular weight is 485 g/mol. The third-order valence-electron chi connectivity index (χ3n) is 5.76. The molecule has 0 spiro atoms. The first-order valence-electron chi connectivity index (χ1n) is 10.9. The number of hydrogen-bond donors (Lipinski definition) is 3. The lowest BCUT2D eigenvalue weighted by Crippen LogP contribution is -2.26. The summed E-state index contributed by atoms with van der Waals surface area (Å²) in [6.45, 7) is 1.08. The zero-order valence-corrected chi connectivity index (χ0v) is 18.8. The van der Waals surface area contributed by atoms with Crippen LogP contribution in [0, 0.1) is 6.92 Å². The first-order valence-corrected chi connectivity index (χ1v) is 10.9. The highest BCUT2D eigenvalue weighted by molar-refractivity contribution is 5.94. The van der Waals surface area contributed by atoms with Crippen LogP contribution in [0.5, 0.6) is 0 Å². The Kier molecular flexibility index (Phi) is 6.99. The van der Waals surface area contributed by atoms with Crippen molar-refractivity contribution in [2.24, 2.45) is 0 Å². The first kappa shape index (κ1) is 24.2. The maximum atomic E-state index is 13.9. The molecule has 0 atom stereocenters. The van der Waals surface area contributed by atoms with Crippen molar-refractivity contribution in [3.63, 3.8) is 0 Å². The Morgan fingerprint density at radius 3 is 2.14 bits per heavy atom. The minimum absolute atomic E-state index is 0.0802. The second-order valence-corrected chi connectivity index (χ2v) is 8.21. The predicted octanol–water partition coefficient (Wildman–Crippen LogP) is 5.04. The number of nitrogens with zero attached hydrogens (tertiary/aromatic N) is 2. The molecule has 0 aliphatic heterocycles. The minimum atomic E-state index is -4.79. The van der Waals surface area contributed by atoms with Gasteiger partial charge < -0.3 is 5.32 Å². The molecule has 0 unspecified atom stereocenters. The van der Waals surface area contributed by atoms with Crippen LogP contribution in [0.1, 0.15) is 55.3 Å². The van der Waals surface area contributed by atoms with Crippen LogP contribution < -0.4 is 5.32 Å². The Labute approximate surface area is 198 Å². The molecule has 2 aromatic heterocycles. The van der Waals surface area contributed by atoms with E-state index in [0.717, 1.165) is 16.8 Å². The number of aromatic amines is 2. The van der Waals surface area contributed by atoms with Gasteiger partial charge in [0.2, 0.25) is 0 Å². The van der Waals surface area contributed by atoms with Crippen LogP contribution in [-0.4, -0.2) is 26.3 Å². The molecule has 4 aromatic rings. The van der Waals surface area contributed by atoms with Gasteiger partial charge in [-0.15, -0.1) is 0 Å². The number of H-pyrrole nitrogens is 2. The normalized spacial score (nSPS) is 11.6. The van der Waals surface area contributed by atoms with Gasteiger partial charge in [0.05, 0.1) is 11.9 Å². The second-order valence-electron chi connectivity index (χ2n) is 8.21. The SMILES string of the molecule is Cc1cn[nH]c1Cc1ccc(Cc2[nH]nc(C(=O)NCc3ccccc3CF)c2C(F)(F)F)cc1. The molecule has 2 heterocycles. The number of carbonyl (C=O) groups excluding carboxylic acids is 1. The van der Waals surface area contributed by atoms with E-state index in [4.69, 9.17) is 0 Å².